The summed E-state index contributed by atoms with van der Waals surface area (Å²) in [4.78, 5) is 11.5. The number of esters is 1. The highest BCUT2D eigenvalue weighted by Crippen LogP contribution is 2.07. The van der Waals surface area contributed by atoms with E-state index in [-0.39, 0.29) is 23.7 Å². The molecule has 3 nitrogen and oxygen atoms in total. The predicted octanol–water partition coefficient (Wildman–Crippen LogP) is 2.11. The third kappa shape index (κ3) is 4.15. The van der Waals surface area contributed by atoms with E-state index in [4.69, 9.17) is 4.74 Å². The van der Waals surface area contributed by atoms with E-state index in [0.29, 0.717) is 6.54 Å². The Balaban J connectivity index is 2.58. The van der Waals surface area contributed by atoms with Crippen LogP contribution in [0.25, 0.3) is 0 Å². The van der Waals surface area contributed by atoms with E-state index in [1.165, 1.54) is 19.2 Å². The number of carbonyl (C=O) groups excluding carboxylic acids is 1. The normalized spacial score (nSPS) is 12.5. The molecule has 1 aromatic rings. The van der Waals surface area contributed by atoms with Crippen LogP contribution in [0.4, 0.5) is 4.39 Å². The molecule has 0 amide bonds. The highest BCUT2D eigenvalue weighted by molar-refractivity contribution is 5.75. The summed E-state index contributed by atoms with van der Waals surface area (Å²) in [6, 6.07) is 5.85. The van der Waals surface area contributed by atoms with Crippen LogP contribution in [0.2, 0.25) is 0 Å². The van der Waals surface area contributed by atoms with Gasteiger partial charge in [-0.3, -0.25) is 4.79 Å². The molecule has 4 heteroatoms. The molecular formula is C13H18FNO2. The minimum absolute atomic E-state index is 0.142. The van der Waals surface area contributed by atoms with E-state index in [1.54, 1.807) is 12.1 Å². The van der Waals surface area contributed by atoms with Gasteiger partial charge in [0.2, 0.25) is 0 Å². The zero-order chi connectivity index (χ0) is 12.8. The molecule has 17 heavy (non-hydrogen) atoms. The first kappa shape index (κ1) is 13.6. The van der Waals surface area contributed by atoms with Gasteiger partial charge in [0.25, 0.3) is 0 Å². The van der Waals surface area contributed by atoms with Gasteiger partial charge in [-0.1, -0.05) is 26.0 Å². The molecule has 0 unspecified atom stereocenters. The molecule has 1 aromatic carbocycles. The minimum Gasteiger partial charge on any atom is -0.468 e. The van der Waals surface area contributed by atoms with Crippen molar-refractivity contribution in [2.45, 2.75) is 26.4 Å². The van der Waals surface area contributed by atoms with Gasteiger partial charge in [0.1, 0.15) is 11.9 Å². The number of carbonyl (C=O) groups is 1. The number of benzene rings is 1. The van der Waals surface area contributed by atoms with Gasteiger partial charge < -0.3 is 10.1 Å². The summed E-state index contributed by atoms with van der Waals surface area (Å²) in [7, 11) is 1.37. The van der Waals surface area contributed by atoms with Gasteiger partial charge in [-0.2, -0.15) is 0 Å². The SMILES string of the molecule is COC(=O)[C@@H](NCc1ccc(F)cc1)C(C)C. The van der Waals surface area contributed by atoms with Crippen molar-refractivity contribution in [1.29, 1.82) is 0 Å². The number of hydrogen-bond donors (Lipinski definition) is 1. The second kappa shape index (κ2) is 6.35. The second-order valence-electron chi connectivity index (χ2n) is 4.25. The van der Waals surface area contributed by atoms with Crippen molar-refractivity contribution < 1.29 is 13.9 Å². The third-order valence-corrected chi connectivity index (χ3v) is 2.56. The summed E-state index contributed by atoms with van der Waals surface area (Å²) >= 11 is 0. The lowest BCUT2D eigenvalue weighted by atomic mass is 10.0. The molecule has 0 saturated heterocycles. The Hall–Kier alpha value is -1.42. The number of halogens is 1. The molecule has 0 heterocycles. The number of methoxy groups -OCH3 is 1. The van der Waals surface area contributed by atoms with Gasteiger partial charge in [0.05, 0.1) is 7.11 Å². The lowest BCUT2D eigenvalue weighted by Crippen LogP contribution is -2.41. The van der Waals surface area contributed by atoms with Crippen LogP contribution in [0.3, 0.4) is 0 Å². The quantitative estimate of drug-likeness (QED) is 0.800. The Bertz CT molecular complexity index is 362. The minimum atomic E-state index is -0.343. The number of nitrogens with one attached hydrogen (secondary N) is 1. The standard InChI is InChI=1S/C13H18FNO2/c1-9(2)12(13(16)17-3)15-8-10-4-6-11(14)7-5-10/h4-7,9,12,15H,8H2,1-3H3/t12-/m0/s1. The van der Waals surface area contributed by atoms with Crippen LogP contribution >= 0.6 is 0 Å². The van der Waals surface area contributed by atoms with Crippen LogP contribution in [-0.4, -0.2) is 19.1 Å². The Morgan fingerprint density at radius 3 is 2.41 bits per heavy atom. The lowest BCUT2D eigenvalue weighted by Gasteiger charge is -2.19. The van der Waals surface area contributed by atoms with Crippen molar-refractivity contribution in [3.8, 4) is 0 Å². The number of hydrogen-bond acceptors (Lipinski definition) is 3. The van der Waals surface area contributed by atoms with Crippen LogP contribution in [0, 0.1) is 11.7 Å². The van der Waals surface area contributed by atoms with Gasteiger partial charge in [0.15, 0.2) is 0 Å². The topological polar surface area (TPSA) is 38.3 Å². The van der Waals surface area contributed by atoms with Crippen LogP contribution in [0.5, 0.6) is 0 Å². The summed E-state index contributed by atoms with van der Waals surface area (Å²) in [5.41, 5.74) is 0.931. The Labute approximate surface area is 101 Å². The molecule has 0 spiro atoms. The highest BCUT2D eigenvalue weighted by atomic mass is 19.1. The van der Waals surface area contributed by atoms with E-state index in [9.17, 15) is 9.18 Å². The predicted molar refractivity (Wildman–Crippen MR) is 63.9 cm³/mol. The third-order valence-electron chi connectivity index (χ3n) is 2.56. The molecule has 0 radical (unpaired) electrons. The first-order chi connectivity index (χ1) is 8.04. The highest BCUT2D eigenvalue weighted by Gasteiger charge is 2.21. The molecule has 0 saturated carbocycles. The largest absolute Gasteiger partial charge is 0.468 e. The smallest absolute Gasteiger partial charge is 0.323 e. The van der Waals surface area contributed by atoms with Crippen molar-refractivity contribution in [1.82, 2.24) is 5.32 Å². The van der Waals surface area contributed by atoms with E-state index < -0.39 is 0 Å². The Morgan fingerprint density at radius 2 is 1.94 bits per heavy atom. The molecule has 0 fully saturated rings. The lowest BCUT2D eigenvalue weighted by molar-refractivity contribution is -0.144. The monoisotopic (exact) mass is 239 g/mol. The van der Waals surface area contributed by atoms with Crippen LogP contribution in [0.15, 0.2) is 24.3 Å². The fourth-order valence-corrected chi connectivity index (χ4v) is 1.55. The van der Waals surface area contributed by atoms with E-state index in [2.05, 4.69) is 5.32 Å². The van der Waals surface area contributed by atoms with Gasteiger partial charge in [-0.25, -0.2) is 4.39 Å². The zero-order valence-electron chi connectivity index (χ0n) is 10.4. The fraction of sp³-hybridized carbons (Fsp3) is 0.462. The molecule has 0 aliphatic rings. The zero-order valence-corrected chi connectivity index (χ0v) is 10.4. The summed E-state index contributed by atoms with van der Waals surface area (Å²) in [6.45, 7) is 4.40. The second-order valence-corrected chi connectivity index (χ2v) is 4.25. The number of ether oxygens (including phenoxy) is 1. The molecule has 94 valence electrons. The molecule has 0 bridgehead atoms. The van der Waals surface area contributed by atoms with Crippen molar-refractivity contribution >= 4 is 5.97 Å². The van der Waals surface area contributed by atoms with Crippen molar-refractivity contribution in [3.05, 3.63) is 35.6 Å². The average Bonchev–Trinajstić information content (AvgIpc) is 2.31. The van der Waals surface area contributed by atoms with Crippen LogP contribution < -0.4 is 5.32 Å². The number of rotatable bonds is 5. The summed E-state index contributed by atoms with van der Waals surface area (Å²) < 4.78 is 17.4. The van der Waals surface area contributed by atoms with Crippen LogP contribution in [-0.2, 0) is 16.1 Å². The molecule has 0 aliphatic carbocycles. The molecule has 1 rings (SSSR count). The average molecular weight is 239 g/mol. The maximum Gasteiger partial charge on any atom is 0.323 e. The molecule has 0 aliphatic heterocycles. The Morgan fingerprint density at radius 1 is 1.35 bits per heavy atom. The molecule has 1 N–H and O–H groups in total. The molecular weight excluding hydrogens is 221 g/mol. The first-order valence-corrected chi connectivity index (χ1v) is 5.60. The fourth-order valence-electron chi connectivity index (χ4n) is 1.55. The maximum atomic E-state index is 12.7. The van der Waals surface area contributed by atoms with Gasteiger partial charge in [0, 0.05) is 6.54 Å². The maximum absolute atomic E-state index is 12.7. The summed E-state index contributed by atoms with van der Waals surface area (Å²) in [5, 5.41) is 3.11. The molecule has 1 atom stereocenters. The molecule has 0 aromatic heterocycles. The van der Waals surface area contributed by atoms with Gasteiger partial charge in [-0.15, -0.1) is 0 Å². The van der Waals surface area contributed by atoms with Crippen molar-refractivity contribution in [3.63, 3.8) is 0 Å². The summed E-state index contributed by atoms with van der Waals surface area (Å²) in [6.07, 6.45) is 0. The van der Waals surface area contributed by atoms with E-state index in [0.717, 1.165) is 5.56 Å². The summed E-state index contributed by atoms with van der Waals surface area (Å²) in [5.74, 6) is -0.396. The van der Waals surface area contributed by atoms with Crippen molar-refractivity contribution in [2.24, 2.45) is 5.92 Å². The van der Waals surface area contributed by atoms with E-state index >= 15 is 0 Å². The Kier molecular flexibility index (Phi) is 5.10. The van der Waals surface area contributed by atoms with Gasteiger partial charge in [-0.05, 0) is 23.6 Å². The van der Waals surface area contributed by atoms with Crippen molar-refractivity contribution in [2.75, 3.05) is 7.11 Å². The van der Waals surface area contributed by atoms with E-state index in [1.807, 2.05) is 13.8 Å². The van der Waals surface area contributed by atoms with Gasteiger partial charge >= 0.3 is 5.97 Å². The first-order valence-electron chi connectivity index (χ1n) is 5.60. The van der Waals surface area contributed by atoms with Crippen LogP contribution in [0.1, 0.15) is 19.4 Å².